The zero-order chi connectivity index (χ0) is 13.5. The van der Waals surface area contributed by atoms with Crippen LogP contribution in [0.2, 0.25) is 0 Å². The van der Waals surface area contributed by atoms with Gasteiger partial charge >= 0.3 is 0 Å². The Balaban J connectivity index is 2.16. The van der Waals surface area contributed by atoms with Gasteiger partial charge in [-0.3, -0.25) is 4.79 Å². The van der Waals surface area contributed by atoms with E-state index >= 15 is 0 Å². The first-order valence-corrected chi connectivity index (χ1v) is 6.26. The molecule has 2 heterocycles. The van der Waals surface area contributed by atoms with Crippen LogP contribution < -0.4 is 5.73 Å². The van der Waals surface area contributed by atoms with E-state index in [0.29, 0.717) is 12.0 Å². The number of thiazole rings is 1. The molecule has 0 amide bonds. The quantitative estimate of drug-likeness (QED) is 0.655. The molecular weight excluding hydrogens is 264 g/mol. The van der Waals surface area contributed by atoms with Crippen LogP contribution in [0.4, 0.5) is 5.95 Å². The SMILES string of the molecule is Nc1ncc(C#CC(COC=O)c2cscn2)cn1. The number of carbonyl (C=O) groups is 1. The van der Waals surface area contributed by atoms with E-state index in [-0.39, 0.29) is 18.5 Å². The summed E-state index contributed by atoms with van der Waals surface area (Å²) < 4.78 is 4.76. The zero-order valence-electron chi connectivity index (χ0n) is 9.81. The van der Waals surface area contributed by atoms with Gasteiger partial charge in [0.25, 0.3) is 6.47 Å². The van der Waals surface area contributed by atoms with Gasteiger partial charge in [0.1, 0.15) is 6.61 Å². The lowest BCUT2D eigenvalue weighted by molar-refractivity contribution is -0.128. The van der Waals surface area contributed by atoms with Crippen molar-refractivity contribution in [2.75, 3.05) is 12.3 Å². The van der Waals surface area contributed by atoms with E-state index in [1.165, 1.54) is 23.7 Å². The lowest BCUT2D eigenvalue weighted by Gasteiger charge is -2.05. The second-order valence-electron chi connectivity index (χ2n) is 3.49. The first kappa shape index (κ1) is 13.0. The van der Waals surface area contributed by atoms with Gasteiger partial charge in [0.2, 0.25) is 5.95 Å². The molecule has 0 saturated carbocycles. The van der Waals surface area contributed by atoms with Crippen LogP contribution in [-0.2, 0) is 9.53 Å². The van der Waals surface area contributed by atoms with Crippen molar-refractivity contribution < 1.29 is 9.53 Å². The molecule has 96 valence electrons. The van der Waals surface area contributed by atoms with Crippen LogP contribution in [0.25, 0.3) is 0 Å². The summed E-state index contributed by atoms with van der Waals surface area (Å²) in [6, 6.07) is 0. The van der Waals surface area contributed by atoms with Gasteiger partial charge in [0.15, 0.2) is 0 Å². The largest absolute Gasteiger partial charge is 0.466 e. The molecule has 0 aliphatic heterocycles. The highest BCUT2D eigenvalue weighted by Gasteiger charge is 2.11. The molecule has 0 radical (unpaired) electrons. The number of rotatable bonds is 4. The Morgan fingerprint density at radius 3 is 2.84 bits per heavy atom. The van der Waals surface area contributed by atoms with Gasteiger partial charge in [0.05, 0.1) is 22.7 Å². The number of nitrogens with two attached hydrogens (primary N) is 1. The third-order valence-corrected chi connectivity index (χ3v) is 2.81. The molecule has 0 saturated heterocycles. The molecule has 19 heavy (non-hydrogen) atoms. The Morgan fingerprint density at radius 1 is 1.42 bits per heavy atom. The van der Waals surface area contributed by atoms with E-state index in [4.69, 9.17) is 10.5 Å². The van der Waals surface area contributed by atoms with Crippen LogP contribution in [0, 0.1) is 11.8 Å². The van der Waals surface area contributed by atoms with Gasteiger partial charge in [0, 0.05) is 17.8 Å². The highest BCUT2D eigenvalue weighted by Crippen LogP contribution is 2.15. The van der Waals surface area contributed by atoms with Gasteiger partial charge in [-0.2, -0.15) is 0 Å². The molecule has 6 nitrogen and oxygen atoms in total. The fraction of sp³-hybridized carbons (Fsp3) is 0.167. The fourth-order valence-electron chi connectivity index (χ4n) is 1.30. The van der Waals surface area contributed by atoms with Crippen molar-refractivity contribution in [3.05, 3.63) is 34.5 Å². The zero-order valence-corrected chi connectivity index (χ0v) is 10.6. The van der Waals surface area contributed by atoms with Crippen molar-refractivity contribution in [2.24, 2.45) is 0 Å². The van der Waals surface area contributed by atoms with Crippen molar-refractivity contribution in [3.63, 3.8) is 0 Å². The number of hydrogen-bond donors (Lipinski definition) is 1. The Morgan fingerprint density at radius 2 is 2.21 bits per heavy atom. The minimum absolute atomic E-state index is 0.163. The van der Waals surface area contributed by atoms with E-state index in [2.05, 4.69) is 26.8 Å². The van der Waals surface area contributed by atoms with E-state index in [1.807, 2.05) is 5.38 Å². The van der Waals surface area contributed by atoms with Crippen molar-refractivity contribution in [3.8, 4) is 11.8 Å². The first-order chi connectivity index (χ1) is 9.29. The smallest absolute Gasteiger partial charge is 0.293 e. The highest BCUT2D eigenvalue weighted by atomic mass is 32.1. The van der Waals surface area contributed by atoms with E-state index in [0.717, 1.165) is 5.69 Å². The molecule has 0 aliphatic rings. The van der Waals surface area contributed by atoms with Crippen LogP contribution >= 0.6 is 11.3 Å². The van der Waals surface area contributed by atoms with Crippen LogP contribution in [0.1, 0.15) is 17.2 Å². The second kappa shape index (κ2) is 6.47. The van der Waals surface area contributed by atoms with Crippen LogP contribution in [0.5, 0.6) is 0 Å². The summed E-state index contributed by atoms with van der Waals surface area (Å²) >= 11 is 1.46. The van der Waals surface area contributed by atoms with Crippen LogP contribution in [-0.4, -0.2) is 28.0 Å². The maximum absolute atomic E-state index is 10.3. The van der Waals surface area contributed by atoms with Crippen molar-refractivity contribution in [1.29, 1.82) is 0 Å². The normalized spacial score (nSPS) is 11.2. The van der Waals surface area contributed by atoms with Gasteiger partial charge in [-0.05, 0) is 0 Å². The number of aromatic nitrogens is 3. The number of ether oxygens (including phenoxy) is 1. The third-order valence-electron chi connectivity index (χ3n) is 2.20. The summed E-state index contributed by atoms with van der Waals surface area (Å²) in [6.07, 6.45) is 3.07. The monoisotopic (exact) mass is 274 g/mol. The molecule has 0 spiro atoms. The number of hydrogen-bond acceptors (Lipinski definition) is 7. The number of nitrogen functional groups attached to an aromatic ring is 1. The lowest BCUT2D eigenvalue weighted by atomic mass is 10.1. The van der Waals surface area contributed by atoms with Gasteiger partial charge < -0.3 is 10.5 Å². The van der Waals surface area contributed by atoms with Gasteiger partial charge in [-0.25, -0.2) is 15.0 Å². The summed E-state index contributed by atoms with van der Waals surface area (Å²) in [5, 5.41) is 1.87. The standard InChI is InChI=1S/C12H10N4O2S/c13-12-14-3-9(4-15-12)1-2-10(5-18-8-17)11-6-19-7-16-11/h3-4,6-8,10H,5H2,(H2,13,14,15). The first-order valence-electron chi connectivity index (χ1n) is 5.32. The molecule has 2 aromatic rings. The van der Waals surface area contributed by atoms with Crippen molar-refractivity contribution in [2.45, 2.75) is 5.92 Å². The van der Waals surface area contributed by atoms with Crippen molar-refractivity contribution >= 4 is 23.8 Å². The van der Waals surface area contributed by atoms with E-state index in [9.17, 15) is 4.79 Å². The molecular formula is C12H10N4O2S. The topological polar surface area (TPSA) is 91.0 Å². The number of nitrogens with zero attached hydrogens (tertiary/aromatic N) is 3. The molecule has 0 aliphatic carbocycles. The average molecular weight is 274 g/mol. The summed E-state index contributed by atoms with van der Waals surface area (Å²) in [6.45, 7) is 0.559. The molecule has 0 fully saturated rings. The molecule has 2 rings (SSSR count). The van der Waals surface area contributed by atoms with Gasteiger partial charge in [-0.15, -0.1) is 11.3 Å². The Bertz CT molecular complexity index is 586. The van der Waals surface area contributed by atoms with Crippen LogP contribution in [0.15, 0.2) is 23.3 Å². The molecule has 2 N–H and O–H groups in total. The summed E-state index contributed by atoms with van der Waals surface area (Å²) in [7, 11) is 0. The molecule has 7 heteroatoms. The molecule has 1 unspecified atom stereocenters. The molecule has 0 bridgehead atoms. The van der Waals surface area contributed by atoms with Crippen molar-refractivity contribution in [1.82, 2.24) is 15.0 Å². The number of anilines is 1. The molecule has 0 aromatic carbocycles. The lowest BCUT2D eigenvalue weighted by Crippen LogP contribution is -2.05. The minimum Gasteiger partial charge on any atom is -0.466 e. The third kappa shape index (κ3) is 3.76. The Kier molecular flexibility index (Phi) is 4.42. The summed E-state index contributed by atoms with van der Waals surface area (Å²) in [5.74, 6) is 5.82. The van der Waals surface area contributed by atoms with E-state index in [1.54, 1.807) is 5.51 Å². The summed E-state index contributed by atoms with van der Waals surface area (Å²) in [4.78, 5) is 22.1. The maximum atomic E-state index is 10.3. The Labute approximate surface area is 113 Å². The van der Waals surface area contributed by atoms with Gasteiger partial charge in [-0.1, -0.05) is 11.8 Å². The predicted molar refractivity (Wildman–Crippen MR) is 70.2 cm³/mol. The van der Waals surface area contributed by atoms with Crippen LogP contribution in [0.3, 0.4) is 0 Å². The predicted octanol–water partition coefficient (Wildman–Crippen LogP) is 0.824. The summed E-state index contributed by atoms with van der Waals surface area (Å²) in [5.41, 5.74) is 8.51. The average Bonchev–Trinajstić information content (AvgIpc) is 2.95. The second-order valence-corrected chi connectivity index (χ2v) is 4.21. The van der Waals surface area contributed by atoms with E-state index < -0.39 is 0 Å². The fourth-order valence-corrected chi connectivity index (χ4v) is 1.91. The molecule has 1 atom stereocenters. The number of carbonyl (C=O) groups excluding carboxylic acids is 1. The Hall–Kier alpha value is -2.46. The minimum atomic E-state index is -0.269. The highest BCUT2D eigenvalue weighted by molar-refractivity contribution is 7.07. The molecule has 2 aromatic heterocycles. The maximum Gasteiger partial charge on any atom is 0.293 e.